The summed E-state index contributed by atoms with van der Waals surface area (Å²) in [7, 11) is 1.92. The topological polar surface area (TPSA) is 48.0 Å². The molecule has 0 bridgehead atoms. The van der Waals surface area contributed by atoms with Crippen LogP contribution in [0.1, 0.15) is 0 Å². The number of aryl methyl sites for hydroxylation is 1. The van der Waals surface area contributed by atoms with Gasteiger partial charge in [0.1, 0.15) is 6.33 Å². The highest BCUT2D eigenvalue weighted by atomic mass is 15.3. The molecule has 0 aliphatic heterocycles. The van der Waals surface area contributed by atoms with Gasteiger partial charge in [0, 0.05) is 25.0 Å². The van der Waals surface area contributed by atoms with Crippen molar-refractivity contribution in [1.29, 1.82) is 0 Å². The fourth-order valence-electron chi connectivity index (χ4n) is 1.63. The van der Waals surface area contributed by atoms with E-state index in [2.05, 4.69) is 15.2 Å². The molecule has 3 aromatic heterocycles. The Balaban J connectivity index is 2.23. The summed E-state index contributed by atoms with van der Waals surface area (Å²) < 4.78 is 3.58. The molecule has 3 aromatic rings. The van der Waals surface area contributed by atoms with Crippen LogP contribution < -0.4 is 0 Å². The zero-order valence-electron chi connectivity index (χ0n) is 8.20. The maximum Gasteiger partial charge on any atom is 0.155 e. The second-order valence-corrected chi connectivity index (χ2v) is 3.32. The molecule has 15 heavy (non-hydrogen) atoms. The Morgan fingerprint density at radius 1 is 1.13 bits per heavy atom. The lowest BCUT2D eigenvalue weighted by atomic mass is 10.2. The van der Waals surface area contributed by atoms with E-state index in [0.29, 0.717) is 0 Å². The van der Waals surface area contributed by atoms with Crippen LogP contribution in [0.4, 0.5) is 0 Å². The van der Waals surface area contributed by atoms with Crippen LogP contribution in [0.5, 0.6) is 0 Å². The van der Waals surface area contributed by atoms with E-state index in [1.165, 1.54) is 0 Å². The maximum atomic E-state index is 4.13. The van der Waals surface area contributed by atoms with Gasteiger partial charge in [0.2, 0.25) is 0 Å². The summed E-state index contributed by atoms with van der Waals surface area (Å²) in [6.07, 6.45) is 5.27. The first-order valence-corrected chi connectivity index (χ1v) is 4.62. The molecule has 0 amide bonds. The molecule has 0 saturated carbocycles. The number of aromatic nitrogens is 5. The molecule has 74 valence electrons. The van der Waals surface area contributed by atoms with Gasteiger partial charge in [-0.2, -0.15) is 10.2 Å². The van der Waals surface area contributed by atoms with Crippen LogP contribution in [0.2, 0.25) is 0 Å². The SMILES string of the molecule is Cn1nccc1-c1ccc2ncnn2c1. The van der Waals surface area contributed by atoms with E-state index in [9.17, 15) is 0 Å². The van der Waals surface area contributed by atoms with Crippen LogP contribution in [0.15, 0.2) is 36.9 Å². The monoisotopic (exact) mass is 199 g/mol. The summed E-state index contributed by atoms with van der Waals surface area (Å²) in [4.78, 5) is 4.09. The fourth-order valence-corrected chi connectivity index (χ4v) is 1.63. The van der Waals surface area contributed by atoms with Crippen LogP contribution in [0.3, 0.4) is 0 Å². The van der Waals surface area contributed by atoms with Gasteiger partial charge >= 0.3 is 0 Å². The van der Waals surface area contributed by atoms with Gasteiger partial charge in [0.25, 0.3) is 0 Å². The minimum atomic E-state index is 0.848. The smallest absolute Gasteiger partial charge is 0.155 e. The van der Waals surface area contributed by atoms with Crippen molar-refractivity contribution in [2.24, 2.45) is 7.05 Å². The molecule has 0 aromatic carbocycles. The van der Waals surface area contributed by atoms with Gasteiger partial charge in [0.15, 0.2) is 5.65 Å². The molecule has 3 heterocycles. The minimum absolute atomic E-state index is 0.848. The Bertz CT molecular complexity index is 607. The Kier molecular flexibility index (Phi) is 1.58. The lowest BCUT2D eigenvalue weighted by Crippen LogP contribution is -1.95. The molecule has 0 radical (unpaired) electrons. The molecule has 0 atom stereocenters. The van der Waals surface area contributed by atoms with Crippen molar-refractivity contribution in [2.45, 2.75) is 0 Å². The van der Waals surface area contributed by atoms with E-state index < -0.39 is 0 Å². The highest BCUT2D eigenvalue weighted by molar-refractivity contribution is 5.60. The average Bonchev–Trinajstić information content (AvgIpc) is 2.84. The lowest BCUT2D eigenvalue weighted by molar-refractivity contribution is 0.774. The molecule has 0 aliphatic rings. The molecule has 0 spiro atoms. The number of hydrogen-bond acceptors (Lipinski definition) is 3. The first-order valence-electron chi connectivity index (χ1n) is 4.62. The summed E-state index contributed by atoms with van der Waals surface area (Å²) >= 11 is 0. The second kappa shape index (κ2) is 2.91. The van der Waals surface area contributed by atoms with Gasteiger partial charge in [-0.15, -0.1) is 0 Å². The molecule has 0 aliphatic carbocycles. The van der Waals surface area contributed by atoms with Crippen molar-refractivity contribution >= 4 is 5.65 Å². The van der Waals surface area contributed by atoms with Gasteiger partial charge in [0.05, 0.1) is 5.69 Å². The van der Waals surface area contributed by atoms with Gasteiger partial charge < -0.3 is 0 Å². The third-order valence-electron chi connectivity index (χ3n) is 2.39. The van der Waals surface area contributed by atoms with Gasteiger partial charge in [-0.3, -0.25) is 4.68 Å². The van der Waals surface area contributed by atoms with E-state index >= 15 is 0 Å². The Morgan fingerprint density at radius 3 is 2.87 bits per heavy atom. The van der Waals surface area contributed by atoms with Crippen LogP contribution >= 0.6 is 0 Å². The number of pyridine rings is 1. The third-order valence-corrected chi connectivity index (χ3v) is 2.39. The quantitative estimate of drug-likeness (QED) is 0.590. The van der Waals surface area contributed by atoms with E-state index in [1.807, 2.05) is 36.1 Å². The average molecular weight is 199 g/mol. The highest BCUT2D eigenvalue weighted by Crippen LogP contribution is 2.17. The Morgan fingerprint density at radius 2 is 2.07 bits per heavy atom. The predicted octanol–water partition coefficient (Wildman–Crippen LogP) is 1.13. The van der Waals surface area contributed by atoms with Crippen LogP contribution in [-0.2, 0) is 7.05 Å². The van der Waals surface area contributed by atoms with E-state index in [-0.39, 0.29) is 0 Å². The molecular formula is C10H9N5. The van der Waals surface area contributed by atoms with E-state index in [0.717, 1.165) is 16.9 Å². The van der Waals surface area contributed by atoms with Crippen molar-refractivity contribution in [1.82, 2.24) is 24.4 Å². The second-order valence-electron chi connectivity index (χ2n) is 3.32. The lowest BCUT2D eigenvalue weighted by Gasteiger charge is -2.01. The van der Waals surface area contributed by atoms with Crippen molar-refractivity contribution in [3.05, 3.63) is 36.9 Å². The molecule has 0 N–H and O–H groups in total. The first-order chi connectivity index (χ1) is 7.34. The van der Waals surface area contributed by atoms with E-state index in [1.54, 1.807) is 17.0 Å². The summed E-state index contributed by atoms with van der Waals surface area (Å²) in [6, 6.07) is 5.93. The number of fused-ring (bicyclic) bond motifs is 1. The molecule has 0 fully saturated rings. The molecule has 5 nitrogen and oxygen atoms in total. The zero-order valence-corrected chi connectivity index (χ0v) is 8.20. The van der Waals surface area contributed by atoms with Crippen molar-refractivity contribution < 1.29 is 0 Å². The molecule has 5 heteroatoms. The summed E-state index contributed by atoms with van der Waals surface area (Å²) in [5.41, 5.74) is 2.99. The maximum absolute atomic E-state index is 4.13. The number of nitrogens with zero attached hydrogens (tertiary/aromatic N) is 5. The fraction of sp³-hybridized carbons (Fsp3) is 0.100. The largest absolute Gasteiger partial charge is 0.268 e. The third kappa shape index (κ3) is 1.20. The van der Waals surface area contributed by atoms with Crippen molar-refractivity contribution in [3.63, 3.8) is 0 Å². The Labute approximate surface area is 86.0 Å². The summed E-state index contributed by atoms with van der Waals surface area (Å²) in [5, 5.41) is 8.23. The summed E-state index contributed by atoms with van der Waals surface area (Å²) in [5.74, 6) is 0. The summed E-state index contributed by atoms with van der Waals surface area (Å²) in [6.45, 7) is 0. The van der Waals surface area contributed by atoms with Crippen molar-refractivity contribution in [2.75, 3.05) is 0 Å². The van der Waals surface area contributed by atoms with Crippen LogP contribution in [0.25, 0.3) is 16.9 Å². The van der Waals surface area contributed by atoms with Crippen LogP contribution in [0, 0.1) is 0 Å². The Hall–Kier alpha value is -2.17. The number of hydrogen-bond donors (Lipinski definition) is 0. The normalized spacial score (nSPS) is 11.0. The molecular weight excluding hydrogens is 190 g/mol. The van der Waals surface area contributed by atoms with Gasteiger partial charge in [-0.25, -0.2) is 9.50 Å². The predicted molar refractivity (Wildman–Crippen MR) is 55.2 cm³/mol. The first kappa shape index (κ1) is 8.16. The standard InChI is InChI=1S/C10H9N5/c1-14-9(4-5-12-14)8-2-3-10-11-7-13-15(10)6-8/h2-7H,1H3. The zero-order chi connectivity index (χ0) is 10.3. The van der Waals surface area contributed by atoms with Crippen molar-refractivity contribution in [3.8, 4) is 11.3 Å². The molecule has 3 rings (SSSR count). The minimum Gasteiger partial charge on any atom is -0.268 e. The highest BCUT2D eigenvalue weighted by Gasteiger charge is 2.03. The van der Waals surface area contributed by atoms with Crippen LogP contribution in [-0.4, -0.2) is 24.4 Å². The van der Waals surface area contributed by atoms with E-state index in [4.69, 9.17) is 0 Å². The number of rotatable bonds is 1. The van der Waals surface area contributed by atoms with Gasteiger partial charge in [-0.05, 0) is 18.2 Å². The molecule has 0 unspecified atom stereocenters. The van der Waals surface area contributed by atoms with Gasteiger partial charge in [-0.1, -0.05) is 0 Å². The molecule has 0 saturated heterocycles.